The van der Waals surface area contributed by atoms with Gasteiger partial charge in [0.25, 0.3) is 0 Å². The van der Waals surface area contributed by atoms with Gasteiger partial charge in [-0.3, -0.25) is 4.79 Å². The number of ketones is 1. The number of carbonyl (C=O) groups excluding carboxylic acids is 2. The summed E-state index contributed by atoms with van der Waals surface area (Å²) in [4.78, 5) is 26.5. The summed E-state index contributed by atoms with van der Waals surface area (Å²) < 4.78 is 4.76. The Hall–Kier alpha value is -0.750. The van der Waals surface area contributed by atoms with E-state index in [0.717, 1.165) is 11.3 Å². The Kier molecular flexibility index (Phi) is 4.21. The number of thiazole rings is 1. The topological polar surface area (TPSA) is 56.3 Å². The van der Waals surface area contributed by atoms with Crippen molar-refractivity contribution in [1.82, 2.24) is 4.98 Å². The van der Waals surface area contributed by atoms with E-state index in [4.69, 9.17) is 4.74 Å². The van der Waals surface area contributed by atoms with Crippen LogP contribution in [-0.4, -0.2) is 28.7 Å². The fourth-order valence-corrected chi connectivity index (χ4v) is 1.96. The maximum Gasteiger partial charge on any atom is 0.349 e. The second kappa shape index (κ2) is 5.21. The Morgan fingerprint density at radius 2 is 2.36 bits per heavy atom. The van der Waals surface area contributed by atoms with E-state index in [1.807, 2.05) is 0 Å². The summed E-state index contributed by atoms with van der Waals surface area (Å²) in [5.41, 5.74) is 0. The molecule has 0 atom stereocenters. The number of carbonyl (C=O) groups is 2. The third kappa shape index (κ3) is 2.62. The Morgan fingerprint density at radius 3 is 2.93 bits per heavy atom. The Labute approximate surface area is 93.4 Å². The van der Waals surface area contributed by atoms with E-state index in [2.05, 4.69) is 20.9 Å². The van der Waals surface area contributed by atoms with Crippen LogP contribution in [0.5, 0.6) is 0 Å². The molecule has 0 aliphatic carbocycles. The minimum absolute atomic E-state index is 0.134. The van der Waals surface area contributed by atoms with Crippen LogP contribution in [0.1, 0.15) is 26.4 Å². The zero-order chi connectivity index (χ0) is 10.6. The molecule has 0 bridgehead atoms. The monoisotopic (exact) mass is 277 g/mol. The SMILES string of the molecule is CCOC(=O)c1cnc(C(=O)CBr)s1. The maximum absolute atomic E-state index is 11.2. The molecule has 0 aliphatic rings. The van der Waals surface area contributed by atoms with Gasteiger partial charge in [0.05, 0.1) is 18.1 Å². The van der Waals surface area contributed by atoms with Crippen LogP contribution in [0.25, 0.3) is 0 Å². The van der Waals surface area contributed by atoms with Crippen LogP contribution in [0, 0.1) is 0 Å². The molecule has 0 fully saturated rings. The standard InChI is InChI=1S/C8H8BrNO3S/c1-2-13-8(12)6-4-10-7(14-6)5(11)3-9/h4H,2-3H2,1H3. The van der Waals surface area contributed by atoms with Crippen molar-refractivity contribution in [3.63, 3.8) is 0 Å². The first-order valence-corrected chi connectivity index (χ1v) is 5.85. The molecule has 0 saturated carbocycles. The molecule has 6 heteroatoms. The van der Waals surface area contributed by atoms with E-state index < -0.39 is 5.97 Å². The van der Waals surface area contributed by atoms with Gasteiger partial charge in [-0.05, 0) is 6.92 Å². The third-order valence-corrected chi connectivity index (χ3v) is 2.87. The van der Waals surface area contributed by atoms with Crippen molar-refractivity contribution in [3.8, 4) is 0 Å². The Morgan fingerprint density at radius 1 is 1.64 bits per heavy atom. The van der Waals surface area contributed by atoms with Crippen LogP contribution < -0.4 is 0 Å². The lowest BCUT2D eigenvalue weighted by Gasteiger charge is -1.95. The number of hydrogen-bond donors (Lipinski definition) is 0. The quantitative estimate of drug-likeness (QED) is 0.479. The third-order valence-electron chi connectivity index (χ3n) is 1.34. The van der Waals surface area contributed by atoms with Gasteiger partial charge in [-0.15, -0.1) is 11.3 Å². The highest BCUT2D eigenvalue weighted by Gasteiger charge is 2.14. The number of hydrogen-bond acceptors (Lipinski definition) is 5. The molecule has 1 aromatic heterocycles. The summed E-state index contributed by atoms with van der Waals surface area (Å²) in [5.74, 6) is -0.566. The zero-order valence-corrected chi connectivity index (χ0v) is 9.85. The molecule has 0 aliphatic heterocycles. The number of halogens is 1. The van der Waals surface area contributed by atoms with Gasteiger partial charge in [0.15, 0.2) is 5.01 Å². The second-order valence-corrected chi connectivity index (χ2v) is 3.90. The fourth-order valence-electron chi connectivity index (χ4n) is 0.757. The summed E-state index contributed by atoms with van der Waals surface area (Å²) in [5, 5.41) is 0.535. The van der Waals surface area contributed by atoms with Crippen LogP contribution in [0.15, 0.2) is 6.20 Å². The van der Waals surface area contributed by atoms with E-state index in [1.54, 1.807) is 6.92 Å². The highest BCUT2D eigenvalue weighted by atomic mass is 79.9. The van der Waals surface area contributed by atoms with Crippen LogP contribution in [-0.2, 0) is 4.74 Å². The minimum Gasteiger partial charge on any atom is -0.462 e. The first-order valence-electron chi connectivity index (χ1n) is 3.91. The number of esters is 1. The van der Waals surface area contributed by atoms with Gasteiger partial charge in [0.2, 0.25) is 5.78 Å². The molecule has 4 nitrogen and oxygen atoms in total. The van der Waals surface area contributed by atoms with Crippen molar-refractivity contribution >= 4 is 39.0 Å². The maximum atomic E-state index is 11.2. The van der Waals surface area contributed by atoms with Crippen LogP contribution in [0.2, 0.25) is 0 Å². The Balaban J connectivity index is 2.77. The molecule has 1 rings (SSSR count). The highest BCUT2D eigenvalue weighted by molar-refractivity contribution is 9.09. The number of rotatable bonds is 4. The molecular weight excluding hydrogens is 270 g/mol. The first kappa shape index (κ1) is 11.3. The molecule has 0 N–H and O–H groups in total. The molecule has 0 saturated heterocycles. The lowest BCUT2D eigenvalue weighted by atomic mass is 10.5. The summed E-state index contributed by atoms with van der Waals surface area (Å²) in [6.07, 6.45) is 1.36. The molecule has 0 radical (unpaired) electrons. The first-order chi connectivity index (χ1) is 6.69. The number of Topliss-reactive ketones (excluding diaryl/α,β-unsaturated/α-hetero) is 1. The van der Waals surface area contributed by atoms with Gasteiger partial charge >= 0.3 is 5.97 Å². The number of alkyl halides is 1. The smallest absolute Gasteiger partial charge is 0.349 e. The van der Waals surface area contributed by atoms with E-state index in [-0.39, 0.29) is 11.1 Å². The van der Waals surface area contributed by atoms with Crippen molar-refractivity contribution in [2.75, 3.05) is 11.9 Å². The molecule has 0 unspecified atom stereocenters. The summed E-state index contributed by atoms with van der Waals surface area (Å²) >= 11 is 4.08. The number of aromatic nitrogens is 1. The van der Waals surface area contributed by atoms with E-state index in [0.29, 0.717) is 16.5 Å². The lowest BCUT2D eigenvalue weighted by molar-refractivity contribution is 0.0531. The van der Waals surface area contributed by atoms with Crippen LogP contribution >= 0.6 is 27.3 Å². The van der Waals surface area contributed by atoms with Crippen molar-refractivity contribution in [2.45, 2.75) is 6.92 Å². The second-order valence-electron chi connectivity index (χ2n) is 2.31. The molecule has 14 heavy (non-hydrogen) atoms. The van der Waals surface area contributed by atoms with Gasteiger partial charge in [0, 0.05) is 0 Å². The molecule has 1 heterocycles. The van der Waals surface area contributed by atoms with Crippen molar-refractivity contribution < 1.29 is 14.3 Å². The summed E-state index contributed by atoms with van der Waals surface area (Å²) in [7, 11) is 0. The average molecular weight is 278 g/mol. The highest BCUT2D eigenvalue weighted by Crippen LogP contribution is 2.15. The Bertz CT molecular complexity index is 350. The van der Waals surface area contributed by atoms with Crippen LogP contribution in [0.3, 0.4) is 0 Å². The predicted octanol–water partition coefficient (Wildman–Crippen LogP) is 1.90. The molecule has 0 amide bonds. The fraction of sp³-hybridized carbons (Fsp3) is 0.375. The van der Waals surface area contributed by atoms with E-state index in [9.17, 15) is 9.59 Å². The predicted molar refractivity (Wildman–Crippen MR) is 56.2 cm³/mol. The molecule has 0 aromatic carbocycles. The largest absolute Gasteiger partial charge is 0.462 e. The average Bonchev–Trinajstić information content (AvgIpc) is 2.66. The number of ether oxygens (including phenoxy) is 1. The van der Waals surface area contributed by atoms with Crippen LogP contribution in [0.4, 0.5) is 0 Å². The minimum atomic E-state index is -0.432. The van der Waals surface area contributed by atoms with E-state index in [1.165, 1.54) is 6.20 Å². The molecule has 1 aromatic rings. The summed E-state index contributed by atoms with van der Waals surface area (Å²) in [6.45, 7) is 2.04. The van der Waals surface area contributed by atoms with Gasteiger partial charge < -0.3 is 4.74 Å². The van der Waals surface area contributed by atoms with Crippen molar-refractivity contribution in [3.05, 3.63) is 16.1 Å². The van der Waals surface area contributed by atoms with Crippen molar-refractivity contribution in [2.24, 2.45) is 0 Å². The van der Waals surface area contributed by atoms with Gasteiger partial charge in [-0.25, -0.2) is 9.78 Å². The lowest BCUT2D eigenvalue weighted by Crippen LogP contribution is -2.01. The summed E-state index contributed by atoms with van der Waals surface area (Å²) in [6, 6.07) is 0. The molecule has 76 valence electrons. The number of nitrogens with zero attached hydrogens (tertiary/aromatic N) is 1. The van der Waals surface area contributed by atoms with Gasteiger partial charge in [0.1, 0.15) is 4.88 Å². The van der Waals surface area contributed by atoms with Gasteiger partial charge in [-0.2, -0.15) is 0 Å². The van der Waals surface area contributed by atoms with Crippen molar-refractivity contribution in [1.29, 1.82) is 0 Å². The van der Waals surface area contributed by atoms with E-state index >= 15 is 0 Å². The molecular formula is C8H8BrNO3S. The zero-order valence-electron chi connectivity index (χ0n) is 7.45. The van der Waals surface area contributed by atoms with Gasteiger partial charge in [-0.1, -0.05) is 15.9 Å². The molecule has 0 spiro atoms. The normalized spacial score (nSPS) is 9.86.